The minimum atomic E-state index is -0.368. The van der Waals surface area contributed by atoms with Crippen LogP contribution in [0.25, 0.3) is 0 Å². The van der Waals surface area contributed by atoms with E-state index in [0.717, 1.165) is 24.3 Å². The smallest absolute Gasteiger partial charge is 0.339 e. The normalized spacial score (nSPS) is 10.5. The summed E-state index contributed by atoms with van der Waals surface area (Å²) in [4.78, 5) is 14.0. The van der Waals surface area contributed by atoms with Crippen LogP contribution in [0.3, 0.4) is 0 Å². The molecule has 120 valence electrons. The molecule has 0 aliphatic carbocycles. The number of carbonyl (C=O) groups excluding carboxylic acids is 1. The van der Waals surface area contributed by atoms with Crippen LogP contribution in [0.4, 0.5) is 16.2 Å². The molecule has 0 aliphatic rings. The molecular formula is C18H22N4O. The van der Waals surface area contributed by atoms with Crippen molar-refractivity contribution in [3.05, 3.63) is 60.2 Å². The Bertz CT molecular complexity index is 634. The number of rotatable bonds is 6. The second-order valence-electron chi connectivity index (χ2n) is 4.95. The van der Waals surface area contributed by atoms with Gasteiger partial charge in [0.05, 0.1) is 6.21 Å². The Balaban J connectivity index is 1.86. The third-order valence-corrected chi connectivity index (χ3v) is 3.43. The van der Waals surface area contributed by atoms with Crippen molar-refractivity contribution in [1.29, 1.82) is 0 Å². The molecule has 0 bridgehead atoms. The van der Waals surface area contributed by atoms with Crippen molar-refractivity contribution >= 4 is 23.6 Å². The van der Waals surface area contributed by atoms with Crippen molar-refractivity contribution in [3.8, 4) is 0 Å². The highest BCUT2D eigenvalue weighted by Gasteiger charge is 2.01. The first-order chi connectivity index (χ1) is 11.2. The Labute approximate surface area is 137 Å². The van der Waals surface area contributed by atoms with E-state index < -0.39 is 0 Å². The first kappa shape index (κ1) is 16.5. The van der Waals surface area contributed by atoms with Gasteiger partial charge >= 0.3 is 6.03 Å². The van der Waals surface area contributed by atoms with Crippen LogP contribution in [0.5, 0.6) is 0 Å². The average Bonchev–Trinajstić information content (AvgIpc) is 2.58. The Hall–Kier alpha value is -2.82. The van der Waals surface area contributed by atoms with E-state index in [1.807, 2.05) is 42.5 Å². The Morgan fingerprint density at radius 1 is 1.04 bits per heavy atom. The molecule has 2 aromatic carbocycles. The molecule has 0 radical (unpaired) electrons. The summed E-state index contributed by atoms with van der Waals surface area (Å²) in [5.74, 6) is 0. The summed E-state index contributed by atoms with van der Waals surface area (Å²) in [6.45, 7) is 6.22. The zero-order valence-corrected chi connectivity index (χ0v) is 13.5. The van der Waals surface area contributed by atoms with E-state index in [9.17, 15) is 4.79 Å². The number of urea groups is 1. The number of anilines is 2. The van der Waals surface area contributed by atoms with Gasteiger partial charge < -0.3 is 10.2 Å². The number of nitrogens with zero attached hydrogens (tertiary/aromatic N) is 2. The van der Waals surface area contributed by atoms with Crippen molar-refractivity contribution in [2.75, 3.05) is 23.3 Å². The van der Waals surface area contributed by atoms with Gasteiger partial charge in [-0.15, -0.1) is 0 Å². The summed E-state index contributed by atoms with van der Waals surface area (Å²) in [5.41, 5.74) is 5.29. The lowest BCUT2D eigenvalue weighted by molar-refractivity contribution is 0.252. The van der Waals surface area contributed by atoms with E-state index in [0.29, 0.717) is 0 Å². The van der Waals surface area contributed by atoms with Gasteiger partial charge in [-0.05, 0) is 43.7 Å². The van der Waals surface area contributed by atoms with Crippen LogP contribution in [0.1, 0.15) is 19.4 Å². The number of carbonyl (C=O) groups is 1. The molecule has 2 rings (SSSR count). The van der Waals surface area contributed by atoms with Gasteiger partial charge in [0.15, 0.2) is 0 Å². The van der Waals surface area contributed by atoms with Crippen LogP contribution in [0.2, 0.25) is 0 Å². The highest BCUT2D eigenvalue weighted by Crippen LogP contribution is 2.13. The highest BCUT2D eigenvalue weighted by atomic mass is 16.2. The third-order valence-electron chi connectivity index (χ3n) is 3.43. The minimum absolute atomic E-state index is 0.368. The predicted molar refractivity (Wildman–Crippen MR) is 96.2 cm³/mol. The van der Waals surface area contributed by atoms with Crippen LogP contribution in [-0.4, -0.2) is 25.3 Å². The van der Waals surface area contributed by atoms with Crippen molar-refractivity contribution in [3.63, 3.8) is 0 Å². The van der Waals surface area contributed by atoms with E-state index in [4.69, 9.17) is 0 Å². The van der Waals surface area contributed by atoms with Crippen molar-refractivity contribution in [1.82, 2.24) is 5.43 Å². The number of hydrogen-bond donors (Lipinski definition) is 2. The van der Waals surface area contributed by atoms with Gasteiger partial charge in [-0.2, -0.15) is 5.10 Å². The number of amides is 2. The summed E-state index contributed by atoms with van der Waals surface area (Å²) >= 11 is 0. The number of nitrogens with one attached hydrogen (secondary N) is 2. The SMILES string of the molecule is CCN(CC)c1ccc(/C=N\NC(=O)Nc2ccccc2)cc1. The van der Waals surface area contributed by atoms with Crippen molar-refractivity contribution in [2.45, 2.75) is 13.8 Å². The van der Waals surface area contributed by atoms with Gasteiger partial charge in [0.25, 0.3) is 0 Å². The molecule has 5 heteroatoms. The zero-order chi connectivity index (χ0) is 16.5. The molecule has 0 unspecified atom stereocenters. The first-order valence-corrected chi connectivity index (χ1v) is 7.73. The lowest BCUT2D eigenvalue weighted by atomic mass is 10.2. The molecule has 0 saturated heterocycles. The summed E-state index contributed by atoms with van der Waals surface area (Å²) in [7, 11) is 0. The molecule has 0 saturated carbocycles. The van der Waals surface area contributed by atoms with Crippen LogP contribution < -0.4 is 15.6 Å². The topological polar surface area (TPSA) is 56.7 Å². The maximum Gasteiger partial charge on any atom is 0.339 e. The zero-order valence-electron chi connectivity index (χ0n) is 13.5. The second kappa shape index (κ2) is 8.58. The van der Waals surface area contributed by atoms with Gasteiger partial charge in [-0.1, -0.05) is 30.3 Å². The Morgan fingerprint density at radius 2 is 1.70 bits per heavy atom. The molecule has 2 N–H and O–H groups in total. The molecule has 2 aromatic rings. The molecule has 0 fully saturated rings. The minimum Gasteiger partial charge on any atom is -0.372 e. The fourth-order valence-electron chi connectivity index (χ4n) is 2.21. The molecule has 0 aromatic heterocycles. The summed E-state index contributed by atoms with van der Waals surface area (Å²) in [6.07, 6.45) is 1.62. The largest absolute Gasteiger partial charge is 0.372 e. The number of benzene rings is 2. The molecular weight excluding hydrogens is 288 g/mol. The molecule has 2 amide bonds. The van der Waals surface area contributed by atoms with Gasteiger partial charge in [0.2, 0.25) is 0 Å². The highest BCUT2D eigenvalue weighted by molar-refractivity contribution is 5.90. The fourth-order valence-corrected chi connectivity index (χ4v) is 2.21. The summed E-state index contributed by atoms with van der Waals surface area (Å²) in [6, 6.07) is 16.9. The molecule has 5 nitrogen and oxygen atoms in total. The van der Waals surface area contributed by atoms with Gasteiger partial charge in [0.1, 0.15) is 0 Å². The molecule has 0 atom stereocenters. The fraction of sp³-hybridized carbons (Fsp3) is 0.222. The summed E-state index contributed by atoms with van der Waals surface area (Å²) in [5, 5.41) is 6.65. The van der Waals surface area contributed by atoms with E-state index in [-0.39, 0.29) is 6.03 Å². The number of para-hydroxylation sites is 1. The predicted octanol–water partition coefficient (Wildman–Crippen LogP) is 3.69. The summed E-state index contributed by atoms with van der Waals surface area (Å²) < 4.78 is 0. The van der Waals surface area contributed by atoms with Gasteiger partial charge in [-0.3, -0.25) is 0 Å². The molecule has 0 aliphatic heterocycles. The lowest BCUT2D eigenvalue weighted by Crippen LogP contribution is -2.24. The third kappa shape index (κ3) is 5.14. The second-order valence-corrected chi connectivity index (χ2v) is 4.95. The van der Waals surface area contributed by atoms with Crippen molar-refractivity contribution < 1.29 is 4.79 Å². The average molecular weight is 310 g/mol. The molecule has 0 spiro atoms. The first-order valence-electron chi connectivity index (χ1n) is 7.73. The Kier molecular flexibility index (Phi) is 6.17. The van der Waals surface area contributed by atoms with Crippen LogP contribution in [0.15, 0.2) is 59.7 Å². The van der Waals surface area contributed by atoms with E-state index >= 15 is 0 Å². The maximum atomic E-state index is 11.7. The number of hydrazone groups is 1. The number of hydrogen-bond acceptors (Lipinski definition) is 3. The molecule has 23 heavy (non-hydrogen) atoms. The quantitative estimate of drug-likeness (QED) is 0.631. The van der Waals surface area contributed by atoms with E-state index in [2.05, 4.69) is 46.7 Å². The van der Waals surface area contributed by atoms with Crippen molar-refractivity contribution in [2.24, 2.45) is 5.10 Å². The van der Waals surface area contributed by atoms with Gasteiger partial charge in [0, 0.05) is 24.5 Å². The standard InChI is InChI=1S/C18H22N4O/c1-3-22(4-2)17-12-10-15(11-13-17)14-19-21-18(23)20-16-8-6-5-7-9-16/h5-14H,3-4H2,1-2H3,(H2,20,21,23)/b19-14-. The lowest BCUT2D eigenvalue weighted by Gasteiger charge is -2.20. The van der Waals surface area contributed by atoms with E-state index in [1.54, 1.807) is 6.21 Å². The molecule has 0 heterocycles. The van der Waals surface area contributed by atoms with Gasteiger partial charge in [-0.25, -0.2) is 10.2 Å². The van der Waals surface area contributed by atoms with Crippen LogP contribution in [0, 0.1) is 0 Å². The van der Waals surface area contributed by atoms with Crippen LogP contribution in [-0.2, 0) is 0 Å². The maximum absolute atomic E-state index is 11.7. The van der Waals surface area contributed by atoms with Crippen LogP contribution >= 0.6 is 0 Å². The monoisotopic (exact) mass is 310 g/mol. The van der Waals surface area contributed by atoms with E-state index in [1.165, 1.54) is 5.69 Å². The Morgan fingerprint density at radius 3 is 2.30 bits per heavy atom.